The van der Waals surface area contributed by atoms with Crippen LogP contribution in [0.1, 0.15) is 50.2 Å². The van der Waals surface area contributed by atoms with Gasteiger partial charge in [0.2, 0.25) is 5.91 Å². The number of anilines is 1. The third kappa shape index (κ3) is 3.27. The Kier molecular flexibility index (Phi) is 4.56. The summed E-state index contributed by atoms with van der Waals surface area (Å²) in [5.74, 6) is 0.142. The van der Waals surface area contributed by atoms with Crippen LogP contribution in [0.3, 0.4) is 0 Å². The molecule has 0 saturated carbocycles. The fraction of sp³-hybridized carbons (Fsp3) is 0.588. The number of rotatable bonds is 3. The van der Waals surface area contributed by atoms with Crippen molar-refractivity contribution in [2.75, 3.05) is 18.1 Å². The summed E-state index contributed by atoms with van der Waals surface area (Å²) in [6.45, 7) is 1.43. The minimum absolute atomic E-state index is 0.142. The number of nitrogens with zero attached hydrogens (tertiary/aromatic N) is 1. The first-order valence-corrected chi connectivity index (χ1v) is 7.94. The van der Waals surface area contributed by atoms with E-state index in [4.69, 9.17) is 4.74 Å². The SMILES string of the molecule is O=C(CCC1CCCCO1)N1CCC(O)c2ccccc21. The van der Waals surface area contributed by atoms with E-state index in [9.17, 15) is 9.90 Å². The van der Waals surface area contributed by atoms with Crippen LogP contribution in [0.2, 0.25) is 0 Å². The highest BCUT2D eigenvalue weighted by molar-refractivity contribution is 5.94. The molecule has 2 atom stereocenters. The Bertz CT molecular complexity index is 497. The summed E-state index contributed by atoms with van der Waals surface area (Å²) in [5, 5.41) is 10.0. The molecule has 114 valence electrons. The first-order valence-electron chi connectivity index (χ1n) is 7.94. The van der Waals surface area contributed by atoms with E-state index in [1.807, 2.05) is 29.2 Å². The monoisotopic (exact) mass is 289 g/mol. The van der Waals surface area contributed by atoms with Crippen LogP contribution in [0.25, 0.3) is 0 Å². The van der Waals surface area contributed by atoms with Crippen LogP contribution >= 0.6 is 0 Å². The van der Waals surface area contributed by atoms with Crippen LogP contribution in [0.5, 0.6) is 0 Å². The van der Waals surface area contributed by atoms with Gasteiger partial charge in [-0.15, -0.1) is 0 Å². The number of hydrogen-bond donors (Lipinski definition) is 1. The number of aliphatic hydroxyl groups is 1. The van der Waals surface area contributed by atoms with Crippen molar-refractivity contribution in [1.29, 1.82) is 0 Å². The minimum atomic E-state index is -0.452. The molecule has 2 heterocycles. The van der Waals surface area contributed by atoms with Gasteiger partial charge in [-0.1, -0.05) is 18.2 Å². The fourth-order valence-corrected chi connectivity index (χ4v) is 3.26. The fourth-order valence-electron chi connectivity index (χ4n) is 3.26. The maximum absolute atomic E-state index is 12.5. The highest BCUT2D eigenvalue weighted by atomic mass is 16.5. The van der Waals surface area contributed by atoms with Gasteiger partial charge in [-0.2, -0.15) is 0 Å². The molecular formula is C17H23NO3. The normalized spacial score (nSPS) is 25.5. The molecule has 3 rings (SSSR count). The minimum Gasteiger partial charge on any atom is -0.388 e. The molecule has 0 aromatic heterocycles. The van der Waals surface area contributed by atoms with Crippen molar-refractivity contribution >= 4 is 11.6 Å². The van der Waals surface area contributed by atoms with Crippen molar-refractivity contribution in [3.63, 3.8) is 0 Å². The standard InChI is InChI=1S/C17H23NO3/c19-16-10-11-18(15-7-2-1-6-14(15)16)17(20)9-8-13-5-3-4-12-21-13/h1-2,6-7,13,16,19H,3-5,8-12H2. The van der Waals surface area contributed by atoms with Crippen molar-refractivity contribution in [2.24, 2.45) is 0 Å². The zero-order valence-corrected chi connectivity index (χ0v) is 12.3. The molecule has 4 nitrogen and oxygen atoms in total. The van der Waals surface area contributed by atoms with Crippen molar-refractivity contribution < 1.29 is 14.6 Å². The van der Waals surface area contributed by atoms with E-state index in [1.165, 1.54) is 6.42 Å². The van der Waals surface area contributed by atoms with Crippen molar-refractivity contribution in [2.45, 2.75) is 50.7 Å². The smallest absolute Gasteiger partial charge is 0.227 e. The van der Waals surface area contributed by atoms with Crippen LogP contribution in [0.4, 0.5) is 5.69 Å². The van der Waals surface area contributed by atoms with Gasteiger partial charge in [0.25, 0.3) is 0 Å². The third-order valence-electron chi connectivity index (χ3n) is 4.47. The Morgan fingerprint density at radius 1 is 1.29 bits per heavy atom. The van der Waals surface area contributed by atoms with Crippen LogP contribution in [0, 0.1) is 0 Å². The van der Waals surface area contributed by atoms with Gasteiger partial charge in [0, 0.05) is 30.8 Å². The molecular weight excluding hydrogens is 266 g/mol. The molecule has 0 aliphatic carbocycles. The van der Waals surface area contributed by atoms with Gasteiger partial charge in [0.1, 0.15) is 0 Å². The molecule has 21 heavy (non-hydrogen) atoms. The summed E-state index contributed by atoms with van der Waals surface area (Å²) in [7, 11) is 0. The lowest BCUT2D eigenvalue weighted by Gasteiger charge is -2.32. The summed E-state index contributed by atoms with van der Waals surface area (Å²) in [4.78, 5) is 14.3. The summed E-state index contributed by atoms with van der Waals surface area (Å²) in [5.41, 5.74) is 1.73. The van der Waals surface area contributed by atoms with Crippen LogP contribution < -0.4 is 4.90 Å². The Morgan fingerprint density at radius 3 is 2.95 bits per heavy atom. The van der Waals surface area contributed by atoms with E-state index in [1.54, 1.807) is 0 Å². The maximum atomic E-state index is 12.5. The average Bonchev–Trinajstić information content (AvgIpc) is 2.54. The lowest BCUT2D eigenvalue weighted by atomic mass is 9.98. The van der Waals surface area contributed by atoms with E-state index < -0.39 is 6.10 Å². The van der Waals surface area contributed by atoms with Crippen LogP contribution in [0.15, 0.2) is 24.3 Å². The molecule has 1 amide bonds. The third-order valence-corrected chi connectivity index (χ3v) is 4.47. The predicted octanol–water partition coefficient (Wildman–Crippen LogP) is 2.81. The number of carbonyl (C=O) groups is 1. The van der Waals surface area contributed by atoms with E-state index in [2.05, 4.69) is 0 Å². The number of aliphatic hydroxyl groups excluding tert-OH is 1. The van der Waals surface area contributed by atoms with Gasteiger partial charge in [-0.05, 0) is 38.2 Å². The summed E-state index contributed by atoms with van der Waals surface area (Å²) in [6.07, 6.45) is 5.15. The number of amides is 1. The largest absolute Gasteiger partial charge is 0.388 e. The average molecular weight is 289 g/mol. The van der Waals surface area contributed by atoms with E-state index in [0.717, 1.165) is 37.1 Å². The van der Waals surface area contributed by atoms with Gasteiger partial charge >= 0.3 is 0 Å². The molecule has 2 unspecified atom stereocenters. The van der Waals surface area contributed by atoms with Crippen molar-refractivity contribution in [3.8, 4) is 0 Å². The van der Waals surface area contributed by atoms with Gasteiger partial charge < -0.3 is 14.7 Å². The second-order valence-electron chi connectivity index (χ2n) is 5.94. The van der Waals surface area contributed by atoms with E-state index >= 15 is 0 Å². The van der Waals surface area contributed by atoms with Crippen LogP contribution in [-0.2, 0) is 9.53 Å². The lowest BCUT2D eigenvalue weighted by Crippen LogP contribution is -2.37. The molecule has 4 heteroatoms. The second-order valence-corrected chi connectivity index (χ2v) is 5.94. The molecule has 1 fully saturated rings. The van der Waals surface area contributed by atoms with Crippen LogP contribution in [-0.4, -0.2) is 30.3 Å². The zero-order chi connectivity index (χ0) is 14.7. The van der Waals surface area contributed by atoms with Crippen molar-refractivity contribution in [1.82, 2.24) is 0 Å². The molecule has 0 spiro atoms. The van der Waals surface area contributed by atoms with Gasteiger partial charge in [0.15, 0.2) is 0 Å². The molecule has 1 saturated heterocycles. The molecule has 2 aliphatic heterocycles. The predicted molar refractivity (Wildman–Crippen MR) is 81.2 cm³/mol. The number of hydrogen-bond acceptors (Lipinski definition) is 3. The Labute approximate surface area is 125 Å². The van der Waals surface area contributed by atoms with E-state index in [0.29, 0.717) is 19.4 Å². The summed E-state index contributed by atoms with van der Waals surface area (Å²) < 4.78 is 5.69. The summed E-state index contributed by atoms with van der Waals surface area (Å²) >= 11 is 0. The number of fused-ring (bicyclic) bond motifs is 1. The zero-order valence-electron chi connectivity index (χ0n) is 12.3. The first kappa shape index (κ1) is 14.5. The van der Waals surface area contributed by atoms with Crippen molar-refractivity contribution in [3.05, 3.63) is 29.8 Å². The molecule has 1 N–H and O–H groups in total. The van der Waals surface area contributed by atoms with Gasteiger partial charge in [0.05, 0.1) is 12.2 Å². The Hall–Kier alpha value is -1.39. The lowest BCUT2D eigenvalue weighted by molar-refractivity contribution is -0.119. The maximum Gasteiger partial charge on any atom is 0.227 e. The van der Waals surface area contributed by atoms with E-state index in [-0.39, 0.29) is 12.0 Å². The summed E-state index contributed by atoms with van der Waals surface area (Å²) in [6, 6.07) is 7.66. The number of ether oxygens (including phenoxy) is 1. The second kappa shape index (κ2) is 6.58. The highest BCUT2D eigenvalue weighted by Gasteiger charge is 2.27. The number of para-hydroxylation sites is 1. The van der Waals surface area contributed by atoms with Gasteiger partial charge in [-0.25, -0.2) is 0 Å². The highest BCUT2D eigenvalue weighted by Crippen LogP contribution is 2.34. The van der Waals surface area contributed by atoms with Gasteiger partial charge in [-0.3, -0.25) is 4.79 Å². The molecule has 0 bridgehead atoms. The molecule has 1 aromatic rings. The molecule has 2 aliphatic rings. The molecule has 1 aromatic carbocycles. The number of carbonyl (C=O) groups excluding carboxylic acids is 1. The Balaban J connectivity index is 1.63. The number of benzene rings is 1. The topological polar surface area (TPSA) is 49.8 Å². The first-order chi connectivity index (χ1) is 10.3. The molecule has 0 radical (unpaired) electrons. The Morgan fingerprint density at radius 2 is 2.14 bits per heavy atom. The quantitative estimate of drug-likeness (QED) is 0.931.